The van der Waals surface area contributed by atoms with Crippen molar-refractivity contribution in [2.24, 2.45) is 5.92 Å². The quantitative estimate of drug-likeness (QED) is 0.515. The van der Waals surface area contributed by atoms with Gasteiger partial charge in [-0.25, -0.2) is 0 Å². The van der Waals surface area contributed by atoms with E-state index in [1.165, 1.54) is 5.56 Å². The maximum atomic E-state index is 9.89. The van der Waals surface area contributed by atoms with Gasteiger partial charge in [0, 0.05) is 6.42 Å². The van der Waals surface area contributed by atoms with E-state index in [4.69, 9.17) is 5.11 Å². The molecule has 3 nitrogen and oxygen atoms in total. The number of aryl methyl sites for hydroxylation is 1. The van der Waals surface area contributed by atoms with Gasteiger partial charge >= 0.3 is 0 Å². The third-order valence-electron chi connectivity index (χ3n) is 3.53. The van der Waals surface area contributed by atoms with Crippen molar-refractivity contribution in [3.63, 3.8) is 0 Å². The van der Waals surface area contributed by atoms with Crippen LogP contribution in [0.4, 0.5) is 0 Å². The van der Waals surface area contributed by atoms with Gasteiger partial charge in [0.15, 0.2) is 0 Å². The number of benzene rings is 1. The van der Waals surface area contributed by atoms with Gasteiger partial charge in [0.1, 0.15) is 23.4 Å². The summed E-state index contributed by atoms with van der Waals surface area (Å²) >= 11 is 0. The molecule has 1 aromatic carbocycles. The lowest BCUT2D eigenvalue weighted by atomic mass is 10.0. The summed E-state index contributed by atoms with van der Waals surface area (Å²) in [7, 11) is 0.169. The molecule has 0 radical (unpaired) electrons. The summed E-state index contributed by atoms with van der Waals surface area (Å²) < 4.78 is 0. The van der Waals surface area contributed by atoms with Gasteiger partial charge in [-0.2, -0.15) is 0 Å². The predicted octanol–water partition coefficient (Wildman–Crippen LogP) is -2.80. The zero-order chi connectivity index (χ0) is 13.0. The Bertz CT molecular complexity index is 363. The molecular weight excluding hydrogens is 284 g/mol. The van der Waals surface area contributed by atoms with Crippen molar-refractivity contribution in [2.75, 3.05) is 23.9 Å². The van der Waals surface area contributed by atoms with Gasteiger partial charge in [0.2, 0.25) is 0 Å². The van der Waals surface area contributed by atoms with E-state index >= 15 is 0 Å². The monoisotopic (exact) mass is 304 g/mol. The Morgan fingerprint density at radius 3 is 2.53 bits per heavy atom. The van der Waals surface area contributed by atoms with E-state index in [2.05, 4.69) is 12.1 Å². The first-order valence-corrected chi connectivity index (χ1v) is 8.09. The average Bonchev–Trinajstić information content (AvgIpc) is 2.78. The van der Waals surface area contributed by atoms with Crippen LogP contribution in [0.15, 0.2) is 30.3 Å². The number of hydrogen-bond acceptors (Lipinski definition) is 3. The zero-order valence-electron chi connectivity index (χ0n) is 10.8. The molecule has 108 valence electrons. The third-order valence-corrected chi connectivity index (χ3v) is 5.98. The number of aliphatic hydroxyl groups is 3. The molecule has 1 heterocycles. The first-order valence-electron chi connectivity index (χ1n) is 6.35. The first kappa shape index (κ1) is 16.8. The maximum absolute atomic E-state index is 9.89. The van der Waals surface area contributed by atoms with Crippen molar-refractivity contribution < 1.29 is 27.7 Å². The molecule has 0 saturated carbocycles. The second-order valence-corrected chi connectivity index (χ2v) is 7.17. The molecule has 0 spiro atoms. The number of aliphatic hydroxyl groups excluding tert-OH is 3. The second-order valence-electron chi connectivity index (χ2n) is 4.87. The maximum Gasteiger partial charge on any atom is 0.134 e. The highest BCUT2D eigenvalue weighted by Crippen LogP contribution is 2.25. The van der Waals surface area contributed by atoms with Gasteiger partial charge in [-0.05, 0) is 16.5 Å². The lowest BCUT2D eigenvalue weighted by Crippen LogP contribution is -3.00. The standard InChI is InChI=1S/C14H21O3S.ClH/c15-8-13(16)12-9-18(10-14(12)17)7-6-11-4-2-1-3-5-11;/h1-5,12-17H,6-10H2;1H/q+1;/p-1/t12-,13-,14-,18?;/m1./s1. The molecule has 0 aromatic heterocycles. The van der Waals surface area contributed by atoms with Gasteiger partial charge in [0.25, 0.3) is 0 Å². The topological polar surface area (TPSA) is 60.7 Å². The summed E-state index contributed by atoms with van der Waals surface area (Å²) in [4.78, 5) is 0. The minimum atomic E-state index is -0.769. The molecule has 19 heavy (non-hydrogen) atoms. The molecule has 3 N–H and O–H groups in total. The van der Waals surface area contributed by atoms with Crippen molar-refractivity contribution in [3.05, 3.63) is 35.9 Å². The molecule has 5 heteroatoms. The second kappa shape index (κ2) is 8.12. The van der Waals surface area contributed by atoms with Gasteiger partial charge in [-0.3, -0.25) is 0 Å². The molecule has 0 aliphatic carbocycles. The molecule has 1 unspecified atom stereocenters. The Hall–Kier alpha value is -0.260. The Kier molecular flexibility index (Phi) is 7.18. The largest absolute Gasteiger partial charge is 1.00 e. The molecule has 0 amide bonds. The van der Waals surface area contributed by atoms with E-state index < -0.39 is 12.2 Å². The van der Waals surface area contributed by atoms with Crippen LogP contribution in [0.5, 0.6) is 0 Å². The summed E-state index contributed by atoms with van der Waals surface area (Å²) in [5.74, 6) is 2.54. The predicted molar refractivity (Wildman–Crippen MR) is 74.7 cm³/mol. The fourth-order valence-electron chi connectivity index (χ4n) is 2.39. The first-order chi connectivity index (χ1) is 8.70. The van der Waals surface area contributed by atoms with Gasteiger partial charge in [0.05, 0.1) is 18.6 Å². The molecule has 1 aliphatic rings. The third kappa shape index (κ3) is 4.65. The van der Waals surface area contributed by atoms with E-state index in [1.54, 1.807) is 0 Å². The van der Waals surface area contributed by atoms with Crippen LogP contribution in [0.25, 0.3) is 0 Å². The summed E-state index contributed by atoms with van der Waals surface area (Å²) in [5.41, 5.74) is 1.32. The van der Waals surface area contributed by atoms with Crippen LogP contribution in [-0.4, -0.2) is 51.4 Å². The zero-order valence-corrected chi connectivity index (χ0v) is 12.4. The fraction of sp³-hybridized carbons (Fsp3) is 0.571. The van der Waals surface area contributed by atoms with Crippen LogP contribution in [0, 0.1) is 5.92 Å². The van der Waals surface area contributed by atoms with Crippen molar-refractivity contribution in [3.8, 4) is 0 Å². The normalized spacial score (nSPS) is 27.8. The number of rotatable bonds is 5. The molecule has 0 bridgehead atoms. The fourth-order valence-corrected chi connectivity index (χ4v) is 5.11. The van der Waals surface area contributed by atoms with Crippen LogP contribution < -0.4 is 12.4 Å². The Labute approximate surface area is 123 Å². The minimum absolute atomic E-state index is 0. The van der Waals surface area contributed by atoms with E-state index in [-0.39, 0.29) is 35.8 Å². The van der Waals surface area contributed by atoms with Crippen molar-refractivity contribution >= 4 is 10.9 Å². The highest BCUT2D eigenvalue weighted by atomic mass is 35.5. The molecule has 4 atom stereocenters. The van der Waals surface area contributed by atoms with E-state index in [0.29, 0.717) is 0 Å². The van der Waals surface area contributed by atoms with E-state index in [9.17, 15) is 10.2 Å². The van der Waals surface area contributed by atoms with Crippen LogP contribution in [0.3, 0.4) is 0 Å². The smallest absolute Gasteiger partial charge is 0.134 e. The van der Waals surface area contributed by atoms with Crippen molar-refractivity contribution in [2.45, 2.75) is 18.6 Å². The Morgan fingerprint density at radius 1 is 1.21 bits per heavy atom. The summed E-state index contributed by atoms with van der Waals surface area (Å²) in [6.45, 7) is -0.252. The molecular formula is C14H21ClO3S. The summed E-state index contributed by atoms with van der Waals surface area (Å²) in [6, 6.07) is 10.3. The molecule has 1 saturated heterocycles. The van der Waals surface area contributed by atoms with Gasteiger partial charge in [-0.1, -0.05) is 30.3 Å². The molecule has 1 aromatic rings. The van der Waals surface area contributed by atoms with Crippen molar-refractivity contribution in [1.29, 1.82) is 0 Å². The highest BCUT2D eigenvalue weighted by Gasteiger charge is 2.43. The lowest BCUT2D eigenvalue weighted by molar-refractivity contribution is -0.0000321. The van der Waals surface area contributed by atoms with E-state index in [0.717, 1.165) is 23.7 Å². The Morgan fingerprint density at radius 2 is 1.89 bits per heavy atom. The SMILES string of the molecule is OC[C@@H](O)[C@H]1C[S+](CCc2ccccc2)C[C@H]1O.[Cl-]. The average molecular weight is 305 g/mol. The van der Waals surface area contributed by atoms with Crippen LogP contribution >= 0.6 is 0 Å². The van der Waals surface area contributed by atoms with E-state index in [1.807, 2.05) is 18.2 Å². The summed E-state index contributed by atoms with van der Waals surface area (Å²) in [6.07, 6.45) is -0.195. The van der Waals surface area contributed by atoms with Crippen LogP contribution in [0.2, 0.25) is 0 Å². The molecule has 1 fully saturated rings. The number of hydrogen-bond donors (Lipinski definition) is 3. The highest BCUT2D eigenvalue weighted by molar-refractivity contribution is 7.97. The van der Waals surface area contributed by atoms with Gasteiger partial charge in [-0.15, -0.1) is 0 Å². The van der Waals surface area contributed by atoms with Crippen molar-refractivity contribution in [1.82, 2.24) is 0 Å². The van der Waals surface area contributed by atoms with Crippen LogP contribution in [-0.2, 0) is 17.3 Å². The van der Waals surface area contributed by atoms with Gasteiger partial charge < -0.3 is 27.7 Å². The Balaban J connectivity index is 0.00000180. The molecule has 2 rings (SSSR count). The lowest BCUT2D eigenvalue weighted by Gasteiger charge is -2.15. The van der Waals surface area contributed by atoms with Crippen LogP contribution in [0.1, 0.15) is 5.56 Å². The number of halogens is 1. The minimum Gasteiger partial charge on any atom is -1.00 e. The molecule has 1 aliphatic heterocycles. The summed E-state index contributed by atoms with van der Waals surface area (Å²) in [5, 5.41) is 28.5.